The van der Waals surface area contributed by atoms with Gasteiger partial charge in [-0.05, 0) is 80.8 Å². The highest BCUT2D eigenvalue weighted by atomic mass is 16.2. The highest BCUT2D eigenvalue weighted by Crippen LogP contribution is 2.32. The molecule has 3 fully saturated rings. The van der Waals surface area contributed by atoms with Crippen molar-refractivity contribution in [2.45, 2.75) is 57.4 Å². The molecule has 2 aromatic rings. The zero-order valence-electron chi connectivity index (χ0n) is 21.9. The molecule has 0 radical (unpaired) electrons. The SMILES string of the molecule is CN(C(=O)c1cccc(NC(=O)Cc2cccc(NC(=O)C3CCN(C(=O)C4CC4)CC3)c2)c1)C1CCC1. The van der Waals surface area contributed by atoms with Crippen molar-refractivity contribution in [1.29, 1.82) is 0 Å². The van der Waals surface area contributed by atoms with Gasteiger partial charge in [0.05, 0.1) is 6.42 Å². The summed E-state index contributed by atoms with van der Waals surface area (Å²) >= 11 is 0. The Labute approximate surface area is 223 Å². The second-order valence-corrected chi connectivity index (χ2v) is 10.9. The van der Waals surface area contributed by atoms with Crippen LogP contribution in [-0.2, 0) is 20.8 Å². The molecule has 3 aliphatic rings. The monoisotopic (exact) mass is 516 g/mol. The van der Waals surface area contributed by atoms with Crippen molar-refractivity contribution in [3.05, 3.63) is 59.7 Å². The van der Waals surface area contributed by atoms with E-state index in [0.717, 1.165) is 37.7 Å². The summed E-state index contributed by atoms with van der Waals surface area (Å²) in [6.45, 7) is 1.27. The molecule has 2 aliphatic carbocycles. The van der Waals surface area contributed by atoms with Gasteiger partial charge < -0.3 is 20.4 Å². The van der Waals surface area contributed by atoms with E-state index in [2.05, 4.69) is 10.6 Å². The van der Waals surface area contributed by atoms with Crippen LogP contribution in [0.1, 0.15) is 60.9 Å². The summed E-state index contributed by atoms with van der Waals surface area (Å²) in [6, 6.07) is 14.7. The normalized spacial score (nSPS) is 17.9. The third-order valence-electron chi connectivity index (χ3n) is 8.00. The van der Waals surface area contributed by atoms with Crippen LogP contribution in [0, 0.1) is 11.8 Å². The lowest BCUT2D eigenvalue weighted by Gasteiger charge is -2.34. The first kappa shape index (κ1) is 25.9. The van der Waals surface area contributed by atoms with Crippen molar-refractivity contribution in [2.75, 3.05) is 30.8 Å². The molecular weight excluding hydrogens is 480 g/mol. The minimum Gasteiger partial charge on any atom is -0.342 e. The first-order chi connectivity index (χ1) is 18.4. The number of anilines is 2. The molecule has 8 heteroatoms. The Morgan fingerprint density at radius 3 is 2.18 bits per heavy atom. The van der Waals surface area contributed by atoms with Crippen LogP contribution in [0.15, 0.2) is 48.5 Å². The van der Waals surface area contributed by atoms with Crippen molar-refractivity contribution in [3.8, 4) is 0 Å². The van der Waals surface area contributed by atoms with Crippen molar-refractivity contribution >= 4 is 35.0 Å². The number of amides is 4. The molecule has 1 saturated heterocycles. The van der Waals surface area contributed by atoms with Crippen molar-refractivity contribution < 1.29 is 19.2 Å². The van der Waals surface area contributed by atoms with E-state index in [1.165, 1.54) is 0 Å². The van der Waals surface area contributed by atoms with Crippen LogP contribution in [0.25, 0.3) is 0 Å². The van der Waals surface area contributed by atoms with Gasteiger partial charge in [0, 0.05) is 55.0 Å². The fraction of sp³-hybridized carbons (Fsp3) is 0.467. The molecule has 0 aromatic heterocycles. The van der Waals surface area contributed by atoms with E-state index in [1.54, 1.807) is 29.2 Å². The highest BCUT2D eigenvalue weighted by Gasteiger charge is 2.36. The molecule has 0 unspecified atom stereocenters. The number of carbonyl (C=O) groups is 4. The van der Waals surface area contributed by atoms with E-state index in [0.29, 0.717) is 48.9 Å². The molecule has 2 aromatic carbocycles. The molecule has 200 valence electrons. The third kappa shape index (κ3) is 6.23. The number of hydrogen-bond donors (Lipinski definition) is 2. The van der Waals surface area contributed by atoms with Crippen molar-refractivity contribution in [3.63, 3.8) is 0 Å². The van der Waals surface area contributed by atoms with Gasteiger partial charge in [-0.15, -0.1) is 0 Å². The fourth-order valence-electron chi connectivity index (χ4n) is 5.22. The molecule has 0 atom stereocenters. The summed E-state index contributed by atoms with van der Waals surface area (Å²) in [5, 5.41) is 5.88. The average molecular weight is 517 g/mol. The lowest BCUT2D eigenvalue weighted by molar-refractivity contribution is -0.135. The second kappa shape index (κ2) is 11.4. The number of hydrogen-bond acceptors (Lipinski definition) is 4. The molecule has 8 nitrogen and oxygen atoms in total. The van der Waals surface area contributed by atoms with Gasteiger partial charge in [-0.25, -0.2) is 0 Å². The second-order valence-electron chi connectivity index (χ2n) is 10.9. The van der Waals surface area contributed by atoms with E-state index >= 15 is 0 Å². The molecule has 2 N–H and O–H groups in total. The molecule has 0 bridgehead atoms. The number of nitrogens with one attached hydrogen (secondary N) is 2. The Morgan fingerprint density at radius 2 is 1.53 bits per heavy atom. The van der Waals surface area contributed by atoms with Crippen molar-refractivity contribution in [2.24, 2.45) is 11.8 Å². The molecule has 0 spiro atoms. The summed E-state index contributed by atoms with van der Waals surface area (Å²) in [5.41, 5.74) is 2.58. The van der Waals surface area contributed by atoms with E-state index in [-0.39, 0.29) is 41.9 Å². The van der Waals surface area contributed by atoms with Crippen LogP contribution >= 0.6 is 0 Å². The standard InChI is InChI=1S/C30H36N4O4/c1-33(26-9-4-10-26)29(37)23-6-3-8-25(19-23)31-27(35)18-20-5-2-7-24(17-20)32-28(36)21-13-15-34(16-14-21)30(38)22-11-12-22/h2-3,5-8,17,19,21-22,26H,4,9-16,18H2,1H3,(H,31,35)(H,32,36). The van der Waals surface area contributed by atoms with Crippen LogP contribution in [0.5, 0.6) is 0 Å². The van der Waals surface area contributed by atoms with E-state index in [1.807, 2.05) is 36.2 Å². The fourth-order valence-corrected chi connectivity index (χ4v) is 5.22. The van der Waals surface area contributed by atoms with Gasteiger partial charge in [-0.3, -0.25) is 19.2 Å². The lowest BCUT2D eigenvalue weighted by atomic mass is 9.91. The van der Waals surface area contributed by atoms with Crippen molar-refractivity contribution in [1.82, 2.24) is 9.80 Å². The number of piperidine rings is 1. The summed E-state index contributed by atoms with van der Waals surface area (Å²) in [7, 11) is 1.84. The largest absolute Gasteiger partial charge is 0.342 e. The zero-order valence-corrected chi connectivity index (χ0v) is 21.9. The number of rotatable bonds is 8. The van der Waals surface area contributed by atoms with Gasteiger partial charge >= 0.3 is 0 Å². The van der Waals surface area contributed by atoms with Gasteiger partial charge in [0.15, 0.2) is 0 Å². The third-order valence-corrected chi connectivity index (χ3v) is 8.00. The molecule has 2 saturated carbocycles. The number of benzene rings is 2. The molecule has 1 heterocycles. The molecule has 4 amide bonds. The maximum atomic E-state index is 12.8. The Hall–Kier alpha value is -3.68. The van der Waals surface area contributed by atoms with Crippen LogP contribution in [0.4, 0.5) is 11.4 Å². The molecular formula is C30H36N4O4. The van der Waals surface area contributed by atoms with E-state index in [4.69, 9.17) is 0 Å². The maximum absolute atomic E-state index is 12.8. The number of likely N-dealkylation sites (tertiary alicyclic amines) is 1. The van der Waals surface area contributed by atoms with Gasteiger partial charge in [0.25, 0.3) is 5.91 Å². The minimum absolute atomic E-state index is 0.0329. The quantitative estimate of drug-likeness (QED) is 0.552. The van der Waals surface area contributed by atoms with Gasteiger partial charge in [-0.2, -0.15) is 0 Å². The smallest absolute Gasteiger partial charge is 0.253 e. The average Bonchev–Trinajstić information content (AvgIpc) is 3.73. The topological polar surface area (TPSA) is 98.8 Å². The number of carbonyl (C=O) groups excluding carboxylic acids is 4. The van der Waals surface area contributed by atoms with Gasteiger partial charge in [0.1, 0.15) is 0 Å². The summed E-state index contributed by atoms with van der Waals surface area (Å²) in [6.07, 6.45) is 6.72. The summed E-state index contributed by atoms with van der Waals surface area (Å²) in [5.74, 6) is 0.0640. The van der Waals surface area contributed by atoms with Crippen LogP contribution < -0.4 is 10.6 Å². The summed E-state index contributed by atoms with van der Waals surface area (Å²) in [4.78, 5) is 54.3. The molecule has 1 aliphatic heterocycles. The highest BCUT2D eigenvalue weighted by molar-refractivity contribution is 5.98. The maximum Gasteiger partial charge on any atom is 0.253 e. The molecule has 5 rings (SSSR count). The van der Waals surface area contributed by atoms with Gasteiger partial charge in [-0.1, -0.05) is 18.2 Å². The first-order valence-corrected chi connectivity index (χ1v) is 13.7. The molecule has 38 heavy (non-hydrogen) atoms. The van der Waals surface area contributed by atoms with E-state index in [9.17, 15) is 19.2 Å². The Kier molecular flexibility index (Phi) is 7.77. The number of nitrogens with zero attached hydrogens (tertiary/aromatic N) is 2. The van der Waals surface area contributed by atoms with Crippen LogP contribution in [-0.4, -0.2) is 59.6 Å². The first-order valence-electron chi connectivity index (χ1n) is 13.7. The van der Waals surface area contributed by atoms with Crippen LogP contribution in [0.2, 0.25) is 0 Å². The van der Waals surface area contributed by atoms with Crippen LogP contribution in [0.3, 0.4) is 0 Å². The van der Waals surface area contributed by atoms with Gasteiger partial charge in [0.2, 0.25) is 17.7 Å². The minimum atomic E-state index is -0.196. The Bertz CT molecular complexity index is 1210. The zero-order chi connectivity index (χ0) is 26.6. The summed E-state index contributed by atoms with van der Waals surface area (Å²) < 4.78 is 0. The Morgan fingerprint density at radius 1 is 0.842 bits per heavy atom. The van der Waals surface area contributed by atoms with E-state index < -0.39 is 0 Å². The Balaban J connectivity index is 1.12. The predicted molar refractivity (Wildman–Crippen MR) is 146 cm³/mol. The lowest BCUT2D eigenvalue weighted by Crippen LogP contribution is -2.42. The predicted octanol–water partition coefficient (Wildman–Crippen LogP) is 4.08.